The molecule has 0 unspecified atom stereocenters. The van der Waals surface area contributed by atoms with Gasteiger partial charge in [0.15, 0.2) is 0 Å². The standard InChI is InChI=1S/C16H20O2S/c1-12(17)14-9-8-13-6-3-4-7-15(13)16(14)18-10-5-11-19-2/h3-4,6-9,12,17H,5,10-11H2,1-2H3/t12-/m0/s1. The highest BCUT2D eigenvalue weighted by molar-refractivity contribution is 7.98. The second kappa shape index (κ2) is 6.83. The lowest BCUT2D eigenvalue weighted by molar-refractivity contribution is 0.192. The maximum atomic E-state index is 9.88. The Balaban J connectivity index is 2.33. The van der Waals surface area contributed by atoms with Gasteiger partial charge in [-0.2, -0.15) is 11.8 Å². The number of fused-ring (bicyclic) bond motifs is 1. The summed E-state index contributed by atoms with van der Waals surface area (Å²) in [6.07, 6.45) is 2.60. The van der Waals surface area contributed by atoms with E-state index in [-0.39, 0.29) is 0 Å². The van der Waals surface area contributed by atoms with Gasteiger partial charge in [0, 0.05) is 10.9 Å². The minimum Gasteiger partial charge on any atom is -0.493 e. The lowest BCUT2D eigenvalue weighted by Crippen LogP contribution is -2.03. The van der Waals surface area contributed by atoms with E-state index < -0.39 is 6.10 Å². The molecule has 0 fully saturated rings. The van der Waals surface area contributed by atoms with E-state index >= 15 is 0 Å². The van der Waals surface area contributed by atoms with Gasteiger partial charge in [-0.05, 0) is 30.7 Å². The van der Waals surface area contributed by atoms with Crippen molar-refractivity contribution in [3.63, 3.8) is 0 Å². The van der Waals surface area contributed by atoms with Crippen LogP contribution in [0.5, 0.6) is 5.75 Å². The van der Waals surface area contributed by atoms with Crippen LogP contribution in [-0.4, -0.2) is 23.7 Å². The smallest absolute Gasteiger partial charge is 0.132 e. The largest absolute Gasteiger partial charge is 0.493 e. The molecule has 1 atom stereocenters. The van der Waals surface area contributed by atoms with Gasteiger partial charge in [-0.3, -0.25) is 0 Å². The molecule has 2 rings (SSSR count). The summed E-state index contributed by atoms with van der Waals surface area (Å²) in [6, 6.07) is 12.1. The minimum atomic E-state index is -0.514. The molecular formula is C16H20O2S. The van der Waals surface area contributed by atoms with Crippen LogP contribution in [0.15, 0.2) is 36.4 Å². The Morgan fingerprint density at radius 1 is 1.21 bits per heavy atom. The maximum absolute atomic E-state index is 9.88. The van der Waals surface area contributed by atoms with Crippen LogP contribution in [0.2, 0.25) is 0 Å². The van der Waals surface area contributed by atoms with E-state index in [9.17, 15) is 5.11 Å². The number of hydrogen-bond donors (Lipinski definition) is 1. The van der Waals surface area contributed by atoms with Crippen molar-refractivity contribution in [3.05, 3.63) is 42.0 Å². The number of ether oxygens (including phenoxy) is 1. The normalized spacial score (nSPS) is 12.6. The van der Waals surface area contributed by atoms with Crippen LogP contribution in [0.4, 0.5) is 0 Å². The first-order valence-corrected chi connectivity index (χ1v) is 7.95. The SMILES string of the molecule is CSCCCOc1c([C@H](C)O)ccc2ccccc12. The minimum absolute atomic E-state index is 0.514. The van der Waals surface area contributed by atoms with Gasteiger partial charge < -0.3 is 9.84 Å². The summed E-state index contributed by atoms with van der Waals surface area (Å²) < 4.78 is 5.94. The Morgan fingerprint density at radius 3 is 2.74 bits per heavy atom. The van der Waals surface area contributed by atoms with Crippen molar-refractivity contribution in [2.45, 2.75) is 19.4 Å². The van der Waals surface area contributed by atoms with Crippen LogP contribution in [0.1, 0.15) is 25.0 Å². The van der Waals surface area contributed by atoms with Crippen LogP contribution in [0.3, 0.4) is 0 Å². The molecule has 19 heavy (non-hydrogen) atoms. The highest BCUT2D eigenvalue weighted by atomic mass is 32.2. The molecule has 0 aliphatic rings. The van der Waals surface area contributed by atoms with Crippen LogP contribution in [0, 0.1) is 0 Å². The molecule has 0 aromatic heterocycles. The van der Waals surface area contributed by atoms with Crippen molar-refractivity contribution in [2.24, 2.45) is 0 Å². The van der Waals surface area contributed by atoms with Gasteiger partial charge in [0.05, 0.1) is 12.7 Å². The summed E-state index contributed by atoms with van der Waals surface area (Å²) >= 11 is 1.82. The van der Waals surface area contributed by atoms with E-state index in [1.165, 1.54) is 0 Å². The lowest BCUT2D eigenvalue weighted by Gasteiger charge is -2.16. The van der Waals surface area contributed by atoms with Gasteiger partial charge >= 0.3 is 0 Å². The topological polar surface area (TPSA) is 29.5 Å². The van der Waals surface area contributed by atoms with E-state index in [0.29, 0.717) is 6.61 Å². The van der Waals surface area contributed by atoms with Crippen molar-refractivity contribution in [1.29, 1.82) is 0 Å². The molecule has 2 aromatic carbocycles. The Labute approximate surface area is 118 Å². The van der Waals surface area contributed by atoms with Crippen molar-refractivity contribution in [1.82, 2.24) is 0 Å². The van der Waals surface area contributed by atoms with Gasteiger partial charge in [0.2, 0.25) is 0 Å². The summed E-state index contributed by atoms with van der Waals surface area (Å²) in [4.78, 5) is 0. The molecule has 0 aliphatic heterocycles. The predicted octanol–water partition coefficient (Wildman–Crippen LogP) is 4.03. The van der Waals surface area contributed by atoms with Gasteiger partial charge in [-0.1, -0.05) is 36.4 Å². The summed E-state index contributed by atoms with van der Waals surface area (Å²) in [5.41, 5.74) is 0.864. The molecule has 2 nitrogen and oxygen atoms in total. The Morgan fingerprint density at radius 2 is 2.00 bits per heavy atom. The molecular weight excluding hydrogens is 256 g/mol. The number of aliphatic hydroxyl groups excluding tert-OH is 1. The first kappa shape index (κ1) is 14.2. The van der Waals surface area contributed by atoms with Crippen molar-refractivity contribution in [2.75, 3.05) is 18.6 Å². The summed E-state index contributed by atoms with van der Waals surface area (Å²) in [6.45, 7) is 2.47. The van der Waals surface area contributed by atoms with Crippen molar-refractivity contribution < 1.29 is 9.84 Å². The molecule has 0 saturated heterocycles. The van der Waals surface area contributed by atoms with Crippen LogP contribution in [-0.2, 0) is 0 Å². The second-order valence-electron chi connectivity index (χ2n) is 4.58. The molecule has 0 saturated carbocycles. The van der Waals surface area contributed by atoms with E-state index in [1.807, 2.05) is 42.1 Å². The number of benzene rings is 2. The van der Waals surface area contributed by atoms with Gasteiger partial charge in [0.1, 0.15) is 5.75 Å². The van der Waals surface area contributed by atoms with E-state index in [1.54, 1.807) is 6.92 Å². The Bertz CT molecular complexity index is 537. The molecule has 0 spiro atoms. The zero-order chi connectivity index (χ0) is 13.7. The van der Waals surface area contributed by atoms with Crippen LogP contribution >= 0.6 is 11.8 Å². The van der Waals surface area contributed by atoms with Gasteiger partial charge in [-0.25, -0.2) is 0 Å². The predicted molar refractivity (Wildman–Crippen MR) is 83.1 cm³/mol. The monoisotopic (exact) mass is 276 g/mol. The Kier molecular flexibility index (Phi) is 5.11. The lowest BCUT2D eigenvalue weighted by atomic mass is 10.0. The quantitative estimate of drug-likeness (QED) is 0.808. The van der Waals surface area contributed by atoms with E-state index in [0.717, 1.165) is 34.3 Å². The third-order valence-electron chi connectivity index (χ3n) is 3.10. The highest BCUT2D eigenvalue weighted by Crippen LogP contribution is 2.33. The molecule has 0 bridgehead atoms. The van der Waals surface area contributed by atoms with Crippen LogP contribution < -0.4 is 4.74 Å². The fourth-order valence-electron chi connectivity index (χ4n) is 2.13. The zero-order valence-corrected chi connectivity index (χ0v) is 12.2. The summed E-state index contributed by atoms with van der Waals surface area (Å²) in [5.74, 6) is 1.92. The summed E-state index contributed by atoms with van der Waals surface area (Å²) in [7, 11) is 0. The third kappa shape index (κ3) is 3.43. The molecule has 0 radical (unpaired) electrons. The third-order valence-corrected chi connectivity index (χ3v) is 3.80. The fourth-order valence-corrected chi connectivity index (χ4v) is 2.53. The number of rotatable bonds is 6. The molecule has 0 heterocycles. The van der Waals surface area contributed by atoms with Gasteiger partial charge in [0.25, 0.3) is 0 Å². The first-order valence-electron chi connectivity index (χ1n) is 6.55. The first-order chi connectivity index (χ1) is 9.24. The average molecular weight is 276 g/mol. The van der Waals surface area contributed by atoms with Crippen molar-refractivity contribution >= 4 is 22.5 Å². The average Bonchev–Trinajstić information content (AvgIpc) is 2.43. The maximum Gasteiger partial charge on any atom is 0.132 e. The zero-order valence-electron chi connectivity index (χ0n) is 11.4. The number of aliphatic hydroxyl groups is 1. The van der Waals surface area contributed by atoms with Crippen LogP contribution in [0.25, 0.3) is 10.8 Å². The molecule has 0 amide bonds. The van der Waals surface area contributed by atoms with E-state index in [4.69, 9.17) is 4.74 Å². The molecule has 2 aromatic rings. The Hall–Kier alpha value is -1.19. The molecule has 102 valence electrons. The second-order valence-corrected chi connectivity index (χ2v) is 5.56. The molecule has 1 N–H and O–H groups in total. The number of thioether (sulfide) groups is 1. The number of hydrogen-bond acceptors (Lipinski definition) is 3. The summed E-state index contributed by atoms with van der Waals surface area (Å²) in [5, 5.41) is 12.1. The molecule has 3 heteroatoms. The van der Waals surface area contributed by atoms with Crippen molar-refractivity contribution in [3.8, 4) is 5.75 Å². The molecule has 0 aliphatic carbocycles. The fraction of sp³-hybridized carbons (Fsp3) is 0.375. The van der Waals surface area contributed by atoms with E-state index in [2.05, 4.69) is 12.3 Å². The van der Waals surface area contributed by atoms with Gasteiger partial charge in [-0.15, -0.1) is 0 Å². The highest BCUT2D eigenvalue weighted by Gasteiger charge is 2.12.